The van der Waals surface area contributed by atoms with E-state index in [1.807, 2.05) is 30.4 Å². The molecule has 0 aromatic carbocycles. The van der Waals surface area contributed by atoms with Gasteiger partial charge in [-0.25, -0.2) is 0 Å². The molecule has 4 aliphatic rings. The number of hydrogen-bond donors (Lipinski definition) is 0. The van der Waals surface area contributed by atoms with Gasteiger partial charge in [0.25, 0.3) is 5.91 Å². The van der Waals surface area contributed by atoms with Crippen molar-refractivity contribution in [2.45, 2.75) is 25.7 Å². The fraction of sp³-hybridized carbons (Fsp3) is 0.476. The van der Waals surface area contributed by atoms with Gasteiger partial charge in [0.1, 0.15) is 0 Å². The lowest BCUT2D eigenvalue weighted by Gasteiger charge is -2.43. The van der Waals surface area contributed by atoms with E-state index < -0.39 is 5.97 Å². The van der Waals surface area contributed by atoms with Crippen molar-refractivity contribution in [2.75, 3.05) is 26.7 Å². The van der Waals surface area contributed by atoms with Gasteiger partial charge < -0.3 is 9.64 Å². The summed E-state index contributed by atoms with van der Waals surface area (Å²) in [7, 11) is 1.30. The van der Waals surface area contributed by atoms with Crippen LogP contribution in [-0.4, -0.2) is 54.3 Å². The van der Waals surface area contributed by atoms with Gasteiger partial charge in [-0.3, -0.25) is 19.3 Å². The molecular formula is C21H24N2O4. The summed E-state index contributed by atoms with van der Waals surface area (Å²) in [5.74, 6) is -1.55. The second kappa shape index (κ2) is 7.18. The molecule has 27 heavy (non-hydrogen) atoms. The summed E-state index contributed by atoms with van der Waals surface area (Å²) in [4.78, 5) is 41.0. The van der Waals surface area contributed by atoms with Crippen LogP contribution in [0.15, 0.2) is 47.2 Å². The first kappa shape index (κ1) is 17.8. The fourth-order valence-corrected chi connectivity index (χ4v) is 4.47. The van der Waals surface area contributed by atoms with Crippen molar-refractivity contribution in [1.82, 2.24) is 9.80 Å². The van der Waals surface area contributed by atoms with Crippen LogP contribution in [0.3, 0.4) is 0 Å². The molecule has 2 saturated heterocycles. The first-order chi connectivity index (χ1) is 13.1. The minimum Gasteiger partial charge on any atom is -0.469 e. The summed E-state index contributed by atoms with van der Waals surface area (Å²) in [6.45, 7) is 2.08. The minimum atomic E-state index is -0.428. The number of piperidine rings is 2. The van der Waals surface area contributed by atoms with Crippen LogP contribution in [0.2, 0.25) is 0 Å². The number of nitrogens with zero attached hydrogens (tertiary/aromatic N) is 2. The van der Waals surface area contributed by atoms with E-state index >= 15 is 0 Å². The lowest BCUT2D eigenvalue weighted by atomic mass is 9.70. The Morgan fingerprint density at radius 2 is 1.96 bits per heavy atom. The Balaban J connectivity index is 1.64. The maximum atomic E-state index is 13.0. The number of carbonyl (C=O) groups is 3. The number of esters is 1. The van der Waals surface area contributed by atoms with E-state index in [0.717, 1.165) is 24.4 Å². The van der Waals surface area contributed by atoms with Crippen molar-refractivity contribution in [3.05, 3.63) is 47.2 Å². The van der Waals surface area contributed by atoms with Crippen LogP contribution >= 0.6 is 0 Å². The molecule has 2 fully saturated rings. The van der Waals surface area contributed by atoms with Crippen molar-refractivity contribution in [1.29, 1.82) is 0 Å². The van der Waals surface area contributed by atoms with Gasteiger partial charge in [0.05, 0.1) is 19.4 Å². The topological polar surface area (TPSA) is 66.9 Å². The highest BCUT2D eigenvalue weighted by molar-refractivity contribution is 6.10. The third kappa shape index (κ3) is 3.03. The minimum absolute atomic E-state index is 0.0138. The second-order valence-corrected chi connectivity index (χ2v) is 7.35. The summed E-state index contributed by atoms with van der Waals surface area (Å²) in [5, 5.41) is 0. The number of amides is 2. The van der Waals surface area contributed by atoms with E-state index in [1.54, 1.807) is 0 Å². The molecule has 0 saturated carbocycles. The molecule has 0 aromatic rings. The molecule has 2 amide bonds. The predicted molar refractivity (Wildman–Crippen MR) is 99.1 cm³/mol. The van der Waals surface area contributed by atoms with Crippen LogP contribution in [0.4, 0.5) is 0 Å². The highest BCUT2D eigenvalue weighted by Gasteiger charge is 2.47. The Bertz CT molecular complexity index is 799. The third-order valence-electron chi connectivity index (χ3n) is 5.85. The van der Waals surface area contributed by atoms with Gasteiger partial charge in [0.2, 0.25) is 5.91 Å². The summed E-state index contributed by atoms with van der Waals surface area (Å²) >= 11 is 0. The van der Waals surface area contributed by atoms with Gasteiger partial charge in [-0.1, -0.05) is 24.3 Å². The molecule has 2 aliphatic carbocycles. The zero-order valence-electron chi connectivity index (χ0n) is 15.5. The number of carbonyl (C=O) groups excluding carboxylic acids is 3. The van der Waals surface area contributed by atoms with E-state index in [1.165, 1.54) is 31.3 Å². The van der Waals surface area contributed by atoms with Gasteiger partial charge in [-0.15, -0.1) is 0 Å². The van der Waals surface area contributed by atoms with Crippen molar-refractivity contribution in [3.63, 3.8) is 0 Å². The third-order valence-corrected chi connectivity index (χ3v) is 5.85. The summed E-state index contributed by atoms with van der Waals surface area (Å²) in [6, 6.07) is 0. The van der Waals surface area contributed by atoms with Crippen molar-refractivity contribution in [3.8, 4) is 0 Å². The van der Waals surface area contributed by atoms with E-state index in [4.69, 9.17) is 0 Å². The molecule has 0 spiro atoms. The normalized spacial score (nSPS) is 26.9. The average Bonchev–Trinajstić information content (AvgIpc) is 2.71. The Morgan fingerprint density at radius 3 is 2.70 bits per heavy atom. The molecule has 0 bridgehead atoms. The van der Waals surface area contributed by atoms with Gasteiger partial charge in [0, 0.05) is 36.8 Å². The highest BCUT2D eigenvalue weighted by Crippen LogP contribution is 2.44. The Kier molecular flexibility index (Phi) is 4.72. The van der Waals surface area contributed by atoms with Crippen LogP contribution < -0.4 is 0 Å². The summed E-state index contributed by atoms with van der Waals surface area (Å²) in [6.07, 6.45) is 13.3. The molecule has 2 aliphatic heterocycles. The standard InChI is InChI=1S/C21H24N2O4/c1-27-18(24)10-13-23-20(25)15-7-5-6-14-17(22-11-3-2-4-12-22)9-8-16(19(14)15)21(23)26/h5-9,16,19H,2-4,10-13H2,1H3. The van der Waals surface area contributed by atoms with Crippen LogP contribution in [0.5, 0.6) is 0 Å². The smallest absolute Gasteiger partial charge is 0.307 e. The second-order valence-electron chi connectivity index (χ2n) is 7.35. The Labute approximate surface area is 158 Å². The summed E-state index contributed by atoms with van der Waals surface area (Å²) in [5.41, 5.74) is 2.85. The molecule has 0 radical (unpaired) electrons. The number of rotatable bonds is 4. The van der Waals surface area contributed by atoms with Crippen LogP contribution in [-0.2, 0) is 19.1 Å². The number of imide groups is 1. The van der Waals surface area contributed by atoms with Crippen molar-refractivity contribution < 1.29 is 19.1 Å². The van der Waals surface area contributed by atoms with Gasteiger partial charge in [-0.2, -0.15) is 0 Å². The first-order valence-corrected chi connectivity index (χ1v) is 9.60. The zero-order chi connectivity index (χ0) is 19.0. The quantitative estimate of drug-likeness (QED) is 0.561. The molecule has 2 heterocycles. The fourth-order valence-electron chi connectivity index (χ4n) is 4.47. The maximum absolute atomic E-state index is 13.0. The number of likely N-dealkylation sites (tertiary alicyclic amines) is 2. The van der Waals surface area contributed by atoms with E-state index in [0.29, 0.717) is 5.57 Å². The molecule has 4 rings (SSSR count). The lowest BCUT2D eigenvalue weighted by molar-refractivity contribution is -0.149. The molecule has 6 nitrogen and oxygen atoms in total. The molecular weight excluding hydrogens is 344 g/mol. The molecule has 2 unspecified atom stereocenters. The van der Waals surface area contributed by atoms with Crippen molar-refractivity contribution >= 4 is 17.8 Å². The highest BCUT2D eigenvalue weighted by atomic mass is 16.5. The van der Waals surface area contributed by atoms with Crippen molar-refractivity contribution in [2.24, 2.45) is 11.8 Å². The Hall–Kier alpha value is -2.63. The number of hydrogen-bond acceptors (Lipinski definition) is 5. The van der Waals surface area contributed by atoms with E-state index in [-0.39, 0.29) is 36.6 Å². The first-order valence-electron chi connectivity index (χ1n) is 9.60. The van der Waals surface area contributed by atoms with Crippen LogP contribution in [0.1, 0.15) is 25.7 Å². The molecule has 0 N–H and O–H groups in total. The Morgan fingerprint density at radius 1 is 1.19 bits per heavy atom. The monoisotopic (exact) mass is 368 g/mol. The molecule has 0 aromatic heterocycles. The largest absolute Gasteiger partial charge is 0.469 e. The van der Waals surface area contributed by atoms with Gasteiger partial charge in [0.15, 0.2) is 0 Å². The lowest BCUT2D eigenvalue weighted by Crippen LogP contribution is -2.52. The van der Waals surface area contributed by atoms with E-state index in [9.17, 15) is 14.4 Å². The number of allylic oxidation sites excluding steroid dienone is 5. The summed E-state index contributed by atoms with van der Waals surface area (Å²) < 4.78 is 4.64. The molecule has 2 atom stereocenters. The number of ether oxygens (including phenoxy) is 1. The molecule has 6 heteroatoms. The van der Waals surface area contributed by atoms with E-state index in [2.05, 4.69) is 9.64 Å². The average molecular weight is 368 g/mol. The van der Waals surface area contributed by atoms with Gasteiger partial charge in [-0.05, 0) is 30.9 Å². The number of methoxy groups -OCH3 is 1. The van der Waals surface area contributed by atoms with Crippen LogP contribution in [0, 0.1) is 11.8 Å². The maximum Gasteiger partial charge on any atom is 0.307 e. The SMILES string of the molecule is COC(=O)CCN1C(=O)C2=CC=CC3=C(N4CCCCC4)C=CC(C1=O)C23. The predicted octanol–water partition coefficient (Wildman–Crippen LogP) is 1.96. The van der Waals surface area contributed by atoms with Crippen LogP contribution in [0.25, 0.3) is 0 Å². The molecule has 142 valence electrons. The van der Waals surface area contributed by atoms with Gasteiger partial charge >= 0.3 is 5.97 Å². The zero-order valence-corrected chi connectivity index (χ0v) is 15.5.